The molecule has 1 rings (SSSR count). The van der Waals surface area contributed by atoms with Crippen LogP contribution in [0.1, 0.15) is 22.8 Å². The number of Topliss-reactive ketones (excluding diaryl/α,β-unsaturated/α-hetero) is 1. The Morgan fingerprint density at radius 3 is 2.72 bits per heavy atom. The summed E-state index contributed by atoms with van der Waals surface area (Å²) in [6.45, 7) is 3.10. The Morgan fingerprint density at radius 1 is 1.44 bits per heavy atom. The number of ketones is 1. The van der Waals surface area contributed by atoms with Gasteiger partial charge in [0.15, 0.2) is 12.4 Å². The number of nitrogens with one attached hydrogen (secondary N) is 1. The quantitative estimate of drug-likeness (QED) is 0.625. The van der Waals surface area contributed by atoms with Crippen molar-refractivity contribution in [3.63, 3.8) is 0 Å². The minimum atomic E-state index is -0.355. The molecular formula is C13H14N2O3. The fourth-order valence-corrected chi connectivity index (χ4v) is 1.36. The Balaban J connectivity index is 2.61. The lowest BCUT2D eigenvalue weighted by Gasteiger charge is -2.09. The van der Waals surface area contributed by atoms with Crippen LogP contribution < -0.4 is 10.1 Å². The molecule has 0 heterocycles. The molecule has 0 radical (unpaired) electrons. The second-order valence-corrected chi connectivity index (χ2v) is 3.76. The van der Waals surface area contributed by atoms with Gasteiger partial charge >= 0.3 is 0 Å². The third-order valence-electron chi connectivity index (χ3n) is 2.30. The number of carbonyl (C=O) groups excluding carboxylic acids is 2. The van der Waals surface area contributed by atoms with Gasteiger partial charge in [-0.2, -0.15) is 5.26 Å². The average Bonchev–Trinajstić information content (AvgIpc) is 2.34. The van der Waals surface area contributed by atoms with Crippen molar-refractivity contribution in [2.24, 2.45) is 0 Å². The number of ether oxygens (including phenoxy) is 1. The van der Waals surface area contributed by atoms with Crippen LogP contribution >= 0.6 is 0 Å². The van der Waals surface area contributed by atoms with Gasteiger partial charge in [-0.15, -0.1) is 0 Å². The minimum absolute atomic E-state index is 0.0172. The molecular weight excluding hydrogens is 232 g/mol. The second kappa shape index (κ2) is 6.40. The lowest BCUT2D eigenvalue weighted by molar-refractivity contribution is -0.122. The van der Waals surface area contributed by atoms with Crippen LogP contribution in [0.4, 0.5) is 0 Å². The van der Waals surface area contributed by atoms with Gasteiger partial charge in [-0.05, 0) is 37.6 Å². The summed E-state index contributed by atoms with van der Waals surface area (Å²) in [5, 5.41) is 10.7. The summed E-state index contributed by atoms with van der Waals surface area (Å²) in [6.07, 6.45) is 0. The standard InChI is InChI=1S/C13H14N2O3/c1-9-7-11(10(2)16)3-4-12(9)18-8-13(17)15-6-5-14/h3-4,7H,6,8H2,1-2H3,(H,15,17). The predicted octanol–water partition coefficient (Wildman–Crippen LogP) is 1.22. The van der Waals surface area contributed by atoms with Gasteiger partial charge in [-0.25, -0.2) is 0 Å². The van der Waals surface area contributed by atoms with Crippen molar-refractivity contribution >= 4 is 11.7 Å². The first-order valence-electron chi connectivity index (χ1n) is 5.42. The summed E-state index contributed by atoms with van der Waals surface area (Å²) in [4.78, 5) is 22.4. The zero-order valence-corrected chi connectivity index (χ0v) is 10.3. The molecule has 0 atom stereocenters. The van der Waals surface area contributed by atoms with E-state index in [1.54, 1.807) is 31.2 Å². The molecule has 0 bridgehead atoms. The fraction of sp³-hybridized carbons (Fsp3) is 0.308. The minimum Gasteiger partial charge on any atom is -0.484 e. The van der Waals surface area contributed by atoms with Gasteiger partial charge in [0.25, 0.3) is 5.91 Å². The first kappa shape index (κ1) is 13.7. The molecule has 0 unspecified atom stereocenters. The summed E-state index contributed by atoms with van der Waals surface area (Å²) in [5.41, 5.74) is 1.39. The van der Waals surface area contributed by atoms with E-state index in [0.29, 0.717) is 11.3 Å². The highest BCUT2D eigenvalue weighted by atomic mass is 16.5. The predicted molar refractivity (Wildman–Crippen MR) is 65.3 cm³/mol. The molecule has 0 spiro atoms. The molecule has 1 aromatic rings. The monoisotopic (exact) mass is 246 g/mol. The van der Waals surface area contributed by atoms with Crippen LogP contribution in [0.15, 0.2) is 18.2 Å². The van der Waals surface area contributed by atoms with E-state index in [1.807, 2.05) is 0 Å². The van der Waals surface area contributed by atoms with Crippen LogP contribution in [-0.4, -0.2) is 24.8 Å². The van der Waals surface area contributed by atoms with Crippen molar-refractivity contribution in [3.05, 3.63) is 29.3 Å². The number of nitrogens with zero attached hydrogens (tertiary/aromatic N) is 1. The molecule has 5 heteroatoms. The second-order valence-electron chi connectivity index (χ2n) is 3.76. The van der Waals surface area contributed by atoms with Crippen molar-refractivity contribution in [1.82, 2.24) is 5.32 Å². The first-order chi connectivity index (χ1) is 8.54. The smallest absolute Gasteiger partial charge is 0.258 e. The maximum Gasteiger partial charge on any atom is 0.258 e. The summed E-state index contributed by atoms with van der Waals surface area (Å²) in [5.74, 6) is 0.176. The highest BCUT2D eigenvalue weighted by Crippen LogP contribution is 2.19. The van der Waals surface area contributed by atoms with Crippen molar-refractivity contribution in [2.45, 2.75) is 13.8 Å². The number of hydrogen-bond acceptors (Lipinski definition) is 4. The Labute approximate surface area is 105 Å². The highest BCUT2D eigenvalue weighted by molar-refractivity contribution is 5.94. The van der Waals surface area contributed by atoms with Crippen molar-refractivity contribution in [2.75, 3.05) is 13.2 Å². The van der Waals surface area contributed by atoms with Gasteiger partial charge in [-0.3, -0.25) is 9.59 Å². The van der Waals surface area contributed by atoms with Crippen LogP contribution in [0.3, 0.4) is 0 Å². The molecule has 94 valence electrons. The molecule has 0 saturated carbocycles. The van der Waals surface area contributed by atoms with E-state index in [4.69, 9.17) is 10.00 Å². The van der Waals surface area contributed by atoms with Crippen LogP contribution in [-0.2, 0) is 4.79 Å². The van der Waals surface area contributed by atoms with Crippen molar-refractivity contribution in [1.29, 1.82) is 5.26 Å². The van der Waals surface area contributed by atoms with E-state index in [2.05, 4.69) is 5.32 Å². The molecule has 1 aromatic carbocycles. The molecule has 0 saturated heterocycles. The number of carbonyl (C=O) groups is 2. The topological polar surface area (TPSA) is 79.2 Å². The van der Waals surface area contributed by atoms with Crippen LogP contribution in [0.25, 0.3) is 0 Å². The first-order valence-corrected chi connectivity index (χ1v) is 5.42. The Kier molecular flexibility index (Phi) is 4.88. The summed E-state index contributed by atoms with van der Waals surface area (Å²) in [7, 11) is 0. The summed E-state index contributed by atoms with van der Waals surface area (Å²) < 4.78 is 5.30. The SMILES string of the molecule is CC(=O)c1ccc(OCC(=O)NCC#N)c(C)c1. The Morgan fingerprint density at radius 2 is 2.17 bits per heavy atom. The zero-order valence-electron chi connectivity index (χ0n) is 10.3. The lowest BCUT2D eigenvalue weighted by atomic mass is 10.1. The number of aryl methyl sites for hydroxylation is 1. The van der Waals surface area contributed by atoms with Gasteiger partial charge in [-0.1, -0.05) is 0 Å². The van der Waals surface area contributed by atoms with Gasteiger partial charge in [0, 0.05) is 5.56 Å². The highest BCUT2D eigenvalue weighted by Gasteiger charge is 2.06. The molecule has 1 amide bonds. The molecule has 0 aliphatic rings. The van der Waals surface area contributed by atoms with Gasteiger partial charge in [0.2, 0.25) is 0 Å². The Hall–Kier alpha value is -2.35. The van der Waals surface area contributed by atoms with E-state index >= 15 is 0 Å². The largest absolute Gasteiger partial charge is 0.484 e. The third-order valence-corrected chi connectivity index (χ3v) is 2.30. The van der Waals surface area contributed by atoms with Crippen molar-refractivity contribution < 1.29 is 14.3 Å². The van der Waals surface area contributed by atoms with E-state index < -0.39 is 0 Å². The number of hydrogen-bond donors (Lipinski definition) is 1. The molecule has 0 aliphatic carbocycles. The number of rotatable bonds is 5. The van der Waals surface area contributed by atoms with Crippen LogP contribution in [0, 0.1) is 18.3 Å². The lowest BCUT2D eigenvalue weighted by Crippen LogP contribution is -2.29. The van der Waals surface area contributed by atoms with Crippen LogP contribution in [0.2, 0.25) is 0 Å². The maximum absolute atomic E-state index is 11.2. The molecule has 1 N–H and O–H groups in total. The number of nitriles is 1. The number of benzene rings is 1. The van der Waals surface area contributed by atoms with E-state index in [9.17, 15) is 9.59 Å². The van der Waals surface area contributed by atoms with Gasteiger partial charge < -0.3 is 10.1 Å². The summed E-state index contributed by atoms with van der Waals surface area (Å²) in [6, 6.07) is 6.82. The maximum atomic E-state index is 11.2. The summed E-state index contributed by atoms with van der Waals surface area (Å²) >= 11 is 0. The van der Waals surface area contributed by atoms with Crippen molar-refractivity contribution in [3.8, 4) is 11.8 Å². The van der Waals surface area contributed by atoms with E-state index in [-0.39, 0.29) is 24.8 Å². The molecule has 0 fully saturated rings. The number of amides is 1. The Bertz CT molecular complexity index is 503. The third kappa shape index (κ3) is 3.91. The van der Waals surface area contributed by atoms with E-state index in [0.717, 1.165) is 5.56 Å². The normalized spacial score (nSPS) is 9.39. The zero-order chi connectivity index (χ0) is 13.5. The molecule has 18 heavy (non-hydrogen) atoms. The fourth-order valence-electron chi connectivity index (χ4n) is 1.36. The molecule has 0 aromatic heterocycles. The molecule has 5 nitrogen and oxygen atoms in total. The molecule has 0 aliphatic heterocycles. The van der Waals surface area contributed by atoms with E-state index in [1.165, 1.54) is 6.92 Å². The van der Waals surface area contributed by atoms with Gasteiger partial charge in [0.1, 0.15) is 12.3 Å². The van der Waals surface area contributed by atoms with Crippen LogP contribution in [0.5, 0.6) is 5.75 Å². The van der Waals surface area contributed by atoms with Gasteiger partial charge in [0.05, 0.1) is 6.07 Å². The average molecular weight is 246 g/mol.